The molecule has 3 rings (SSSR count). The Hall–Kier alpha value is -2.58. The topological polar surface area (TPSA) is 66.5 Å². The van der Waals surface area contributed by atoms with Crippen molar-refractivity contribution in [3.63, 3.8) is 0 Å². The second-order valence-electron chi connectivity index (χ2n) is 7.83. The maximum atomic E-state index is 13.6. The van der Waals surface area contributed by atoms with Gasteiger partial charge in [0.1, 0.15) is 11.6 Å². The van der Waals surface area contributed by atoms with Crippen LogP contribution in [0.2, 0.25) is 0 Å². The number of hydrogen-bond donors (Lipinski definition) is 1. The molecule has 1 N–H and O–H groups in total. The summed E-state index contributed by atoms with van der Waals surface area (Å²) in [7, 11) is -3.45. The fraction of sp³-hybridized carbons (Fsp3) is 0.348. The van der Waals surface area contributed by atoms with Gasteiger partial charge < -0.3 is 4.90 Å². The van der Waals surface area contributed by atoms with Crippen LogP contribution in [0.15, 0.2) is 55.1 Å². The number of nitrogens with zero attached hydrogens (tertiary/aromatic N) is 1. The summed E-state index contributed by atoms with van der Waals surface area (Å²) in [5.41, 5.74) is 1.90. The minimum Gasteiger partial charge on any atom is -0.338 e. The van der Waals surface area contributed by atoms with Crippen molar-refractivity contribution in [3.8, 4) is 11.1 Å². The highest BCUT2D eigenvalue weighted by Crippen LogP contribution is 2.27. The third-order valence-corrected chi connectivity index (χ3v) is 6.09. The van der Waals surface area contributed by atoms with Crippen molar-refractivity contribution in [2.75, 3.05) is 12.8 Å². The SMILES string of the molecule is C=CCCC(=O)N1CC[C@H](NS(C)(=O)=O)[C@@H]1Cc1cccc(-c2cc(F)cc(F)c2)c1. The van der Waals surface area contributed by atoms with Crippen LogP contribution in [0, 0.1) is 11.6 Å². The second-order valence-corrected chi connectivity index (χ2v) is 9.61. The van der Waals surface area contributed by atoms with Crippen LogP contribution in [0.4, 0.5) is 8.78 Å². The molecular weight excluding hydrogens is 422 g/mol. The Balaban J connectivity index is 1.88. The average Bonchev–Trinajstić information content (AvgIpc) is 3.06. The van der Waals surface area contributed by atoms with E-state index in [1.165, 1.54) is 12.1 Å². The molecule has 1 aliphatic heterocycles. The number of hydrogen-bond acceptors (Lipinski definition) is 3. The Bertz CT molecular complexity index is 1050. The van der Waals surface area contributed by atoms with E-state index in [1.807, 2.05) is 12.1 Å². The molecule has 1 fully saturated rings. The van der Waals surface area contributed by atoms with Gasteiger partial charge in [-0.25, -0.2) is 21.9 Å². The first-order valence-corrected chi connectivity index (χ1v) is 12.0. The van der Waals surface area contributed by atoms with Gasteiger partial charge in [0.25, 0.3) is 0 Å². The van der Waals surface area contributed by atoms with Crippen molar-refractivity contribution >= 4 is 15.9 Å². The predicted molar refractivity (Wildman–Crippen MR) is 117 cm³/mol. The largest absolute Gasteiger partial charge is 0.338 e. The van der Waals surface area contributed by atoms with Gasteiger partial charge in [0, 0.05) is 25.1 Å². The summed E-state index contributed by atoms with van der Waals surface area (Å²) in [4.78, 5) is 14.4. The number of allylic oxidation sites excluding steroid dienone is 1. The number of rotatable bonds is 8. The minimum absolute atomic E-state index is 0.0499. The van der Waals surface area contributed by atoms with Crippen LogP contribution >= 0.6 is 0 Å². The summed E-state index contributed by atoms with van der Waals surface area (Å²) in [5, 5.41) is 0. The highest BCUT2D eigenvalue weighted by atomic mass is 32.2. The molecule has 0 aliphatic carbocycles. The van der Waals surface area contributed by atoms with E-state index in [4.69, 9.17) is 0 Å². The number of sulfonamides is 1. The number of benzene rings is 2. The van der Waals surface area contributed by atoms with Crippen molar-refractivity contribution in [3.05, 3.63) is 72.3 Å². The highest BCUT2D eigenvalue weighted by molar-refractivity contribution is 7.88. The Morgan fingerprint density at radius 2 is 1.90 bits per heavy atom. The number of amides is 1. The molecule has 166 valence electrons. The van der Waals surface area contributed by atoms with Gasteiger partial charge in [-0.2, -0.15) is 0 Å². The zero-order valence-electron chi connectivity index (χ0n) is 17.4. The first-order valence-electron chi connectivity index (χ1n) is 10.1. The fourth-order valence-corrected chi connectivity index (χ4v) is 4.86. The third kappa shape index (κ3) is 6.21. The zero-order chi connectivity index (χ0) is 22.6. The highest BCUT2D eigenvalue weighted by Gasteiger charge is 2.38. The standard InChI is InChI=1S/C23H26F2N2O3S/c1-3-4-8-23(28)27-10-9-21(26-31(2,29)30)22(27)12-16-6-5-7-17(11-16)18-13-19(24)15-20(25)14-18/h3,5-7,11,13-15,21-22,26H,1,4,8-10,12H2,2H3/t21-,22-/m0/s1. The van der Waals surface area contributed by atoms with Crippen LogP contribution in [0.3, 0.4) is 0 Å². The van der Waals surface area contributed by atoms with Crippen LogP contribution in [-0.2, 0) is 21.2 Å². The first kappa shape index (κ1) is 23.1. The maximum absolute atomic E-state index is 13.6. The Morgan fingerprint density at radius 1 is 1.19 bits per heavy atom. The van der Waals surface area contributed by atoms with Crippen LogP contribution in [-0.4, -0.2) is 44.1 Å². The van der Waals surface area contributed by atoms with Crippen LogP contribution in [0.25, 0.3) is 11.1 Å². The molecule has 5 nitrogen and oxygen atoms in total. The summed E-state index contributed by atoms with van der Waals surface area (Å²) < 4.78 is 53.6. The number of likely N-dealkylation sites (tertiary alicyclic amines) is 1. The molecule has 1 saturated heterocycles. The van der Waals surface area contributed by atoms with E-state index in [9.17, 15) is 22.0 Å². The van der Waals surface area contributed by atoms with Crippen LogP contribution < -0.4 is 4.72 Å². The van der Waals surface area contributed by atoms with Crippen LogP contribution in [0.5, 0.6) is 0 Å². The number of nitrogens with one attached hydrogen (secondary N) is 1. The summed E-state index contributed by atoms with van der Waals surface area (Å²) in [6.07, 6.45) is 4.58. The third-order valence-electron chi connectivity index (χ3n) is 5.36. The molecular formula is C23H26F2N2O3S. The molecule has 0 unspecified atom stereocenters. The molecule has 0 saturated carbocycles. The number of carbonyl (C=O) groups is 1. The lowest BCUT2D eigenvalue weighted by Crippen LogP contribution is -2.47. The quantitative estimate of drug-likeness (QED) is 0.627. The zero-order valence-corrected chi connectivity index (χ0v) is 18.2. The van der Waals surface area contributed by atoms with Crippen molar-refractivity contribution in [1.29, 1.82) is 0 Å². The molecule has 2 atom stereocenters. The first-order chi connectivity index (χ1) is 14.7. The summed E-state index contributed by atoms with van der Waals surface area (Å²) in [6.45, 7) is 4.11. The van der Waals surface area contributed by atoms with Gasteiger partial charge in [-0.15, -0.1) is 6.58 Å². The summed E-state index contributed by atoms with van der Waals surface area (Å²) in [5.74, 6) is -1.37. The Labute approximate surface area is 181 Å². The van der Waals surface area contributed by atoms with Gasteiger partial charge in [-0.3, -0.25) is 4.79 Å². The Morgan fingerprint density at radius 3 is 2.55 bits per heavy atom. The van der Waals surface area contributed by atoms with Gasteiger partial charge >= 0.3 is 0 Å². The average molecular weight is 449 g/mol. The van der Waals surface area contributed by atoms with Gasteiger partial charge in [0.2, 0.25) is 15.9 Å². The second kappa shape index (κ2) is 9.70. The molecule has 0 bridgehead atoms. The molecule has 31 heavy (non-hydrogen) atoms. The monoisotopic (exact) mass is 448 g/mol. The smallest absolute Gasteiger partial charge is 0.223 e. The van der Waals surface area contributed by atoms with E-state index in [0.717, 1.165) is 17.9 Å². The lowest BCUT2D eigenvalue weighted by Gasteiger charge is -2.29. The molecule has 1 amide bonds. The molecule has 0 aromatic heterocycles. The van der Waals surface area contributed by atoms with Crippen molar-refractivity contribution in [2.45, 2.75) is 37.8 Å². The molecule has 8 heteroatoms. The van der Waals surface area contributed by atoms with Gasteiger partial charge in [-0.05, 0) is 48.1 Å². The molecule has 1 aliphatic rings. The fourth-order valence-electron chi connectivity index (χ4n) is 4.04. The van der Waals surface area contributed by atoms with Gasteiger partial charge in [0.15, 0.2) is 0 Å². The minimum atomic E-state index is -3.45. The lowest BCUT2D eigenvalue weighted by atomic mass is 9.96. The summed E-state index contributed by atoms with van der Waals surface area (Å²) in [6, 6.07) is 9.80. The van der Waals surface area contributed by atoms with E-state index < -0.39 is 27.7 Å². The van der Waals surface area contributed by atoms with E-state index in [2.05, 4.69) is 11.3 Å². The van der Waals surface area contributed by atoms with Gasteiger partial charge in [0.05, 0.1) is 12.3 Å². The maximum Gasteiger partial charge on any atom is 0.223 e. The number of halogens is 2. The molecule has 2 aromatic rings. The van der Waals surface area contributed by atoms with E-state index in [0.29, 0.717) is 43.4 Å². The molecule has 0 spiro atoms. The number of carbonyl (C=O) groups excluding carboxylic acids is 1. The predicted octanol–water partition coefficient (Wildman–Crippen LogP) is 3.66. The van der Waals surface area contributed by atoms with Gasteiger partial charge in [-0.1, -0.05) is 30.3 Å². The van der Waals surface area contributed by atoms with E-state index >= 15 is 0 Å². The molecule has 0 radical (unpaired) electrons. The van der Waals surface area contributed by atoms with E-state index in [1.54, 1.807) is 23.1 Å². The summed E-state index contributed by atoms with van der Waals surface area (Å²) >= 11 is 0. The molecule has 2 aromatic carbocycles. The van der Waals surface area contributed by atoms with Crippen LogP contribution in [0.1, 0.15) is 24.8 Å². The normalized spacial score (nSPS) is 18.9. The van der Waals surface area contributed by atoms with Crippen molar-refractivity contribution < 1.29 is 22.0 Å². The molecule has 1 heterocycles. The van der Waals surface area contributed by atoms with Crippen molar-refractivity contribution in [1.82, 2.24) is 9.62 Å². The van der Waals surface area contributed by atoms with E-state index in [-0.39, 0.29) is 11.9 Å². The lowest BCUT2D eigenvalue weighted by molar-refractivity contribution is -0.132. The Kier molecular flexibility index (Phi) is 7.23. The van der Waals surface area contributed by atoms with Crippen molar-refractivity contribution in [2.24, 2.45) is 0 Å².